The van der Waals surface area contributed by atoms with Gasteiger partial charge in [0.2, 0.25) is 0 Å². The monoisotopic (exact) mass is 272 g/mol. The summed E-state index contributed by atoms with van der Waals surface area (Å²) >= 11 is 0.640. The van der Waals surface area contributed by atoms with Crippen LogP contribution in [-0.4, -0.2) is 9.07 Å². The molecule has 0 aliphatic heterocycles. The zero-order valence-corrected chi connectivity index (χ0v) is 12.3. The minimum atomic E-state index is 0.0373. The quantitative estimate of drug-likeness (QED) is 0.465. The van der Waals surface area contributed by atoms with Gasteiger partial charge in [-0.25, -0.2) is 4.21 Å². The molecular formula is C17H20OS. The van der Waals surface area contributed by atoms with Crippen LogP contribution in [0, 0.1) is 17.3 Å². The van der Waals surface area contributed by atoms with Crippen molar-refractivity contribution in [3.05, 3.63) is 35.9 Å². The van der Waals surface area contributed by atoms with Crippen molar-refractivity contribution in [3.8, 4) is 11.8 Å². The fraction of sp³-hybridized carbons (Fsp3) is 0.471. The van der Waals surface area contributed by atoms with Crippen molar-refractivity contribution in [1.29, 1.82) is 0 Å². The van der Waals surface area contributed by atoms with Gasteiger partial charge in [0.25, 0.3) is 0 Å². The van der Waals surface area contributed by atoms with Crippen molar-refractivity contribution in [3.63, 3.8) is 0 Å². The van der Waals surface area contributed by atoms with E-state index in [1.807, 2.05) is 37.3 Å². The molecule has 0 atom stereocenters. The highest BCUT2D eigenvalue weighted by Crippen LogP contribution is 2.39. The summed E-state index contributed by atoms with van der Waals surface area (Å²) in [5, 5.41) is 0. The van der Waals surface area contributed by atoms with Crippen LogP contribution < -0.4 is 0 Å². The standard InChI is InChI=1S/C17H20OS/c1-2-11-17(12-7-4-8-13-17)14-16(19-18)15-9-5-3-6-10-15/h3,5-6,9-10H,4,7-8,12-14H2,1H3. The third-order valence-corrected chi connectivity index (χ3v) is 4.48. The predicted octanol–water partition coefficient (Wildman–Crippen LogP) is 3.78. The smallest absolute Gasteiger partial charge is 0.0927 e. The molecule has 1 aliphatic carbocycles. The van der Waals surface area contributed by atoms with Gasteiger partial charge >= 0.3 is 0 Å². The fourth-order valence-electron chi connectivity index (χ4n) is 2.95. The Hall–Kier alpha value is -1.33. The Morgan fingerprint density at radius 1 is 1.21 bits per heavy atom. The normalized spacial score (nSPS) is 17.1. The second kappa shape index (κ2) is 6.73. The van der Waals surface area contributed by atoms with E-state index in [1.165, 1.54) is 19.3 Å². The lowest BCUT2D eigenvalue weighted by molar-refractivity contribution is 0.282. The number of rotatable bonds is 3. The Balaban J connectivity index is 2.25. The van der Waals surface area contributed by atoms with Crippen LogP contribution in [0.5, 0.6) is 0 Å². The maximum absolute atomic E-state index is 11.5. The van der Waals surface area contributed by atoms with Gasteiger partial charge in [-0.05, 0) is 25.3 Å². The summed E-state index contributed by atoms with van der Waals surface area (Å²) in [4.78, 5) is 0.935. The largest absolute Gasteiger partial charge is 0.212 e. The summed E-state index contributed by atoms with van der Waals surface area (Å²) in [5.41, 5.74) is 1.10. The van der Waals surface area contributed by atoms with Gasteiger partial charge in [0.15, 0.2) is 0 Å². The molecule has 0 heterocycles. The molecule has 2 heteroatoms. The molecule has 0 bridgehead atoms. The molecule has 0 unspecified atom stereocenters. The zero-order chi connectivity index (χ0) is 13.6. The maximum Gasteiger partial charge on any atom is 0.0927 e. The molecule has 0 aromatic heterocycles. The molecule has 0 amide bonds. The van der Waals surface area contributed by atoms with E-state index in [9.17, 15) is 4.21 Å². The summed E-state index contributed by atoms with van der Waals surface area (Å²) in [5.74, 6) is 6.49. The van der Waals surface area contributed by atoms with Crippen molar-refractivity contribution in [1.82, 2.24) is 0 Å². The molecule has 0 spiro atoms. The van der Waals surface area contributed by atoms with E-state index < -0.39 is 0 Å². The van der Waals surface area contributed by atoms with E-state index in [0.29, 0.717) is 11.3 Å². The molecule has 19 heavy (non-hydrogen) atoms. The van der Waals surface area contributed by atoms with Crippen molar-refractivity contribution in [2.24, 2.45) is 5.41 Å². The molecule has 1 aromatic carbocycles. The Morgan fingerprint density at radius 2 is 1.89 bits per heavy atom. The lowest BCUT2D eigenvalue weighted by Gasteiger charge is -2.32. The van der Waals surface area contributed by atoms with Gasteiger partial charge < -0.3 is 0 Å². The highest BCUT2D eigenvalue weighted by atomic mass is 32.1. The first kappa shape index (κ1) is 14.1. The van der Waals surface area contributed by atoms with E-state index in [-0.39, 0.29) is 5.41 Å². The van der Waals surface area contributed by atoms with E-state index >= 15 is 0 Å². The highest BCUT2D eigenvalue weighted by molar-refractivity contribution is 7.67. The zero-order valence-electron chi connectivity index (χ0n) is 11.4. The van der Waals surface area contributed by atoms with E-state index in [4.69, 9.17) is 0 Å². The van der Waals surface area contributed by atoms with E-state index in [1.54, 1.807) is 0 Å². The Labute approximate surface area is 119 Å². The third-order valence-electron chi connectivity index (χ3n) is 3.90. The molecular weight excluding hydrogens is 252 g/mol. The summed E-state index contributed by atoms with van der Waals surface area (Å²) in [6.45, 7) is 1.91. The van der Waals surface area contributed by atoms with Gasteiger partial charge in [0.1, 0.15) is 0 Å². The van der Waals surface area contributed by atoms with Gasteiger partial charge in [-0.3, -0.25) is 0 Å². The molecule has 1 aliphatic rings. The molecule has 1 fully saturated rings. The second-order valence-corrected chi connectivity index (χ2v) is 5.92. The van der Waals surface area contributed by atoms with Gasteiger partial charge in [0.05, 0.1) is 16.1 Å². The van der Waals surface area contributed by atoms with Gasteiger partial charge in [-0.15, -0.1) is 5.92 Å². The minimum absolute atomic E-state index is 0.0373. The number of hydrogen-bond donors (Lipinski definition) is 0. The fourth-order valence-corrected chi connectivity index (χ4v) is 3.52. The van der Waals surface area contributed by atoms with E-state index in [0.717, 1.165) is 29.7 Å². The number of benzene rings is 1. The molecule has 1 nitrogen and oxygen atoms in total. The lowest BCUT2D eigenvalue weighted by Crippen LogP contribution is -2.26. The van der Waals surface area contributed by atoms with Crippen molar-refractivity contribution in [2.75, 3.05) is 0 Å². The van der Waals surface area contributed by atoms with Crippen LogP contribution in [0.2, 0.25) is 0 Å². The van der Waals surface area contributed by atoms with Crippen LogP contribution in [0.15, 0.2) is 30.3 Å². The van der Waals surface area contributed by atoms with Gasteiger partial charge in [-0.1, -0.05) is 55.5 Å². The van der Waals surface area contributed by atoms with Gasteiger partial charge in [0, 0.05) is 11.8 Å². The molecule has 0 radical (unpaired) electrons. The van der Waals surface area contributed by atoms with Crippen LogP contribution in [0.3, 0.4) is 0 Å². The molecule has 1 aromatic rings. The summed E-state index contributed by atoms with van der Waals surface area (Å²) in [6.07, 6.45) is 6.85. The third kappa shape index (κ3) is 3.58. The molecule has 2 rings (SSSR count). The predicted molar refractivity (Wildman–Crippen MR) is 82.3 cm³/mol. The lowest BCUT2D eigenvalue weighted by atomic mass is 9.71. The Bertz CT molecular complexity index is 523. The van der Waals surface area contributed by atoms with Crippen LogP contribution in [0.1, 0.15) is 51.0 Å². The average Bonchev–Trinajstić information content (AvgIpc) is 2.47. The van der Waals surface area contributed by atoms with Crippen molar-refractivity contribution < 1.29 is 4.21 Å². The molecule has 1 saturated carbocycles. The maximum atomic E-state index is 11.5. The highest BCUT2D eigenvalue weighted by Gasteiger charge is 2.31. The Kier molecular flexibility index (Phi) is 4.99. The van der Waals surface area contributed by atoms with Crippen LogP contribution in [0.25, 0.3) is 0 Å². The van der Waals surface area contributed by atoms with Crippen LogP contribution in [-0.2, 0) is 11.3 Å². The number of hydrogen-bond acceptors (Lipinski definition) is 1. The minimum Gasteiger partial charge on any atom is -0.212 e. The summed E-state index contributed by atoms with van der Waals surface area (Å²) in [7, 11) is 0. The molecule has 0 saturated heterocycles. The van der Waals surface area contributed by atoms with Gasteiger partial charge in [-0.2, -0.15) is 0 Å². The average molecular weight is 272 g/mol. The van der Waals surface area contributed by atoms with Crippen molar-refractivity contribution >= 4 is 16.1 Å². The van der Waals surface area contributed by atoms with Crippen LogP contribution >= 0.6 is 0 Å². The topological polar surface area (TPSA) is 17.1 Å². The molecule has 100 valence electrons. The first-order valence-electron chi connectivity index (χ1n) is 6.95. The van der Waals surface area contributed by atoms with Crippen molar-refractivity contribution in [2.45, 2.75) is 45.4 Å². The first-order chi connectivity index (χ1) is 9.29. The Morgan fingerprint density at radius 3 is 2.47 bits per heavy atom. The van der Waals surface area contributed by atoms with Crippen LogP contribution in [0.4, 0.5) is 0 Å². The summed E-state index contributed by atoms with van der Waals surface area (Å²) < 4.78 is 11.5. The summed E-state index contributed by atoms with van der Waals surface area (Å²) in [6, 6.07) is 10.0. The van der Waals surface area contributed by atoms with E-state index in [2.05, 4.69) is 11.8 Å². The molecule has 0 N–H and O–H groups in total. The first-order valence-corrected chi connectivity index (χ1v) is 7.69. The SMILES string of the molecule is CC#CC1(CC(=S=O)c2ccccc2)CCCCC1. The second-order valence-electron chi connectivity index (χ2n) is 5.27.